The highest BCUT2D eigenvalue weighted by Crippen LogP contribution is 2.12. The zero-order valence-corrected chi connectivity index (χ0v) is 11.0. The molecule has 0 fully saturated rings. The van der Waals surface area contributed by atoms with E-state index in [9.17, 15) is 9.59 Å². The van der Waals surface area contributed by atoms with Crippen molar-refractivity contribution in [2.45, 2.75) is 20.8 Å². The van der Waals surface area contributed by atoms with E-state index in [1.54, 1.807) is 12.3 Å². The van der Waals surface area contributed by atoms with Crippen molar-refractivity contribution in [1.29, 1.82) is 0 Å². The van der Waals surface area contributed by atoms with Crippen molar-refractivity contribution in [3.8, 4) is 0 Å². The number of nitrogens with zero attached hydrogens (tertiary/aromatic N) is 2. The van der Waals surface area contributed by atoms with Gasteiger partial charge < -0.3 is 10.0 Å². The van der Waals surface area contributed by atoms with Crippen LogP contribution < -0.4 is 0 Å². The first kappa shape index (κ1) is 13.6. The van der Waals surface area contributed by atoms with Crippen LogP contribution in [0.25, 0.3) is 0 Å². The third-order valence-corrected chi connectivity index (χ3v) is 3.20. The Balaban J connectivity index is 2.74. The predicted octanol–water partition coefficient (Wildman–Crippen LogP) is 1.63. The summed E-state index contributed by atoms with van der Waals surface area (Å²) in [6, 6.07) is 0. The Hall–Kier alpha value is -1.43. The smallest absolute Gasteiger partial charge is 0.308 e. The lowest BCUT2D eigenvalue weighted by Gasteiger charge is -2.21. The second-order valence-electron chi connectivity index (χ2n) is 3.83. The summed E-state index contributed by atoms with van der Waals surface area (Å²) in [4.78, 5) is 28.4. The molecule has 1 heterocycles. The Morgan fingerprint density at radius 2 is 2.24 bits per heavy atom. The second-order valence-corrected chi connectivity index (χ2v) is 4.90. The molecule has 6 heteroatoms. The van der Waals surface area contributed by atoms with E-state index in [1.165, 1.54) is 16.2 Å². The molecule has 1 atom stereocenters. The molecule has 17 heavy (non-hydrogen) atoms. The predicted molar refractivity (Wildman–Crippen MR) is 65.2 cm³/mol. The molecule has 1 N–H and O–H groups in total. The molecule has 0 bridgehead atoms. The van der Waals surface area contributed by atoms with Gasteiger partial charge in [0.2, 0.25) is 0 Å². The van der Waals surface area contributed by atoms with Crippen molar-refractivity contribution in [3.05, 3.63) is 16.1 Å². The van der Waals surface area contributed by atoms with E-state index in [4.69, 9.17) is 5.11 Å². The summed E-state index contributed by atoms with van der Waals surface area (Å²) in [5, 5.41) is 11.4. The molecule has 0 aliphatic carbocycles. The fourth-order valence-electron chi connectivity index (χ4n) is 1.39. The van der Waals surface area contributed by atoms with E-state index < -0.39 is 11.9 Å². The number of rotatable bonds is 5. The maximum absolute atomic E-state index is 12.0. The fourth-order valence-corrected chi connectivity index (χ4v) is 1.97. The molecule has 0 radical (unpaired) electrons. The van der Waals surface area contributed by atoms with E-state index >= 15 is 0 Å². The summed E-state index contributed by atoms with van der Waals surface area (Å²) in [6.07, 6.45) is 0. The molecule has 1 aromatic rings. The lowest BCUT2D eigenvalue weighted by molar-refractivity contribution is -0.141. The first-order valence-electron chi connectivity index (χ1n) is 5.40. The van der Waals surface area contributed by atoms with Gasteiger partial charge in [0.25, 0.3) is 5.91 Å². The molecule has 0 aliphatic rings. The summed E-state index contributed by atoms with van der Waals surface area (Å²) in [5.74, 6) is -1.67. The molecule has 1 unspecified atom stereocenters. The number of carbonyl (C=O) groups excluding carboxylic acids is 1. The Morgan fingerprint density at radius 3 is 2.65 bits per heavy atom. The van der Waals surface area contributed by atoms with Crippen LogP contribution in [0.4, 0.5) is 0 Å². The minimum Gasteiger partial charge on any atom is -0.481 e. The summed E-state index contributed by atoms with van der Waals surface area (Å²) in [5.41, 5.74) is 0.395. The maximum atomic E-state index is 12.0. The topological polar surface area (TPSA) is 70.5 Å². The average Bonchev–Trinajstić information content (AvgIpc) is 2.71. The Labute approximate surface area is 104 Å². The maximum Gasteiger partial charge on any atom is 0.308 e. The van der Waals surface area contributed by atoms with Crippen LogP contribution in [0.3, 0.4) is 0 Å². The number of hydrogen-bond acceptors (Lipinski definition) is 4. The van der Waals surface area contributed by atoms with Crippen LogP contribution in [0.5, 0.6) is 0 Å². The van der Waals surface area contributed by atoms with Gasteiger partial charge in [-0.25, -0.2) is 4.98 Å². The number of aromatic nitrogens is 1. The van der Waals surface area contributed by atoms with E-state index in [1.807, 2.05) is 13.8 Å². The van der Waals surface area contributed by atoms with Crippen molar-refractivity contribution in [2.75, 3.05) is 13.1 Å². The van der Waals surface area contributed by atoms with E-state index in [-0.39, 0.29) is 12.5 Å². The quantitative estimate of drug-likeness (QED) is 0.869. The van der Waals surface area contributed by atoms with Gasteiger partial charge >= 0.3 is 5.97 Å². The number of amides is 1. The van der Waals surface area contributed by atoms with Gasteiger partial charge in [0.15, 0.2) is 0 Å². The first-order chi connectivity index (χ1) is 7.95. The van der Waals surface area contributed by atoms with Crippen LogP contribution in [0.15, 0.2) is 5.38 Å². The minimum atomic E-state index is -0.897. The van der Waals surface area contributed by atoms with Crippen molar-refractivity contribution in [1.82, 2.24) is 9.88 Å². The van der Waals surface area contributed by atoms with Gasteiger partial charge in [0, 0.05) is 18.5 Å². The fraction of sp³-hybridized carbons (Fsp3) is 0.545. The molecule has 1 amide bonds. The standard InChI is InChI=1S/C11H16N2O3S/c1-4-13(5-7(2)11(15)16)10(14)9-6-17-8(3)12-9/h6-7H,4-5H2,1-3H3,(H,15,16). The molecule has 94 valence electrons. The minimum absolute atomic E-state index is 0.204. The normalized spacial score (nSPS) is 12.2. The van der Waals surface area contributed by atoms with Crippen molar-refractivity contribution in [3.63, 3.8) is 0 Å². The van der Waals surface area contributed by atoms with E-state index in [0.29, 0.717) is 12.2 Å². The Morgan fingerprint density at radius 1 is 1.59 bits per heavy atom. The summed E-state index contributed by atoms with van der Waals surface area (Å²) in [7, 11) is 0. The zero-order valence-electron chi connectivity index (χ0n) is 10.1. The first-order valence-corrected chi connectivity index (χ1v) is 6.27. The number of aryl methyl sites for hydroxylation is 1. The lowest BCUT2D eigenvalue weighted by Crippen LogP contribution is -2.36. The van der Waals surface area contributed by atoms with Crippen LogP contribution in [0.1, 0.15) is 29.3 Å². The van der Waals surface area contributed by atoms with Gasteiger partial charge in [-0.05, 0) is 13.8 Å². The Bertz CT molecular complexity index is 417. The summed E-state index contributed by atoms with van der Waals surface area (Å²) in [6.45, 7) is 5.93. The van der Waals surface area contributed by atoms with Gasteiger partial charge in [-0.2, -0.15) is 0 Å². The molecule has 0 aliphatic heterocycles. The second kappa shape index (κ2) is 5.77. The molecular formula is C11H16N2O3S. The van der Waals surface area contributed by atoms with Crippen LogP contribution in [0.2, 0.25) is 0 Å². The number of carboxylic acids is 1. The molecule has 0 spiro atoms. The highest BCUT2D eigenvalue weighted by atomic mass is 32.1. The van der Waals surface area contributed by atoms with Crippen LogP contribution in [-0.2, 0) is 4.79 Å². The van der Waals surface area contributed by atoms with Crippen LogP contribution >= 0.6 is 11.3 Å². The van der Waals surface area contributed by atoms with Gasteiger partial charge in [0.05, 0.1) is 10.9 Å². The molecular weight excluding hydrogens is 240 g/mol. The van der Waals surface area contributed by atoms with Gasteiger partial charge in [0.1, 0.15) is 5.69 Å². The summed E-state index contributed by atoms with van der Waals surface area (Å²) < 4.78 is 0. The van der Waals surface area contributed by atoms with Gasteiger partial charge in [-0.3, -0.25) is 9.59 Å². The molecule has 1 aromatic heterocycles. The largest absolute Gasteiger partial charge is 0.481 e. The molecule has 0 aromatic carbocycles. The highest BCUT2D eigenvalue weighted by molar-refractivity contribution is 7.09. The van der Waals surface area contributed by atoms with Gasteiger partial charge in [-0.15, -0.1) is 11.3 Å². The average molecular weight is 256 g/mol. The molecule has 1 rings (SSSR count). The number of hydrogen-bond donors (Lipinski definition) is 1. The van der Waals surface area contributed by atoms with E-state index in [0.717, 1.165) is 5.01 Å². The number of carboxylic acid groups (broad SMARTS) is 1. The molecule has 0 saturated carbocycles. The SMILES string of the molecule is CCN(CC(C)C(=O)O)C(=O)c1csc(C)n1. The third kappa shape index (κ3) is 3.52. The third-order valence-electron chi connectivity index (χ3n) is 2.42. The van der Waals surface area contributed by atoms with Crippen LogP contribution in [-0.4, -0.2) is 40.0 Å². The molecule has 0 saturated heterocycles. The summed E-state index contributed by atoms with van der Waals surface area (Å²) >= 11 is 1.41. The number of aliphatic carboxylic acids is 1. The van der Waals surface area contributed by atoms with Crippen LogP contribution in [0, 0.1) is 12.8 Å². The van der Waals surface area contributed by atoms with Crippen molar-refractivity contribution in [2.24, 2.45) is 5.92 Å². The van der Waals surface area contributed by atoms with Crippen molar-refractivity contribution < 1.29 is 14.7 Å². The number of thiazole rings is 1. The van der Waals surface area contributed by atoms with Gasteiger partial charge in [-0.1, -0.05) is 6.92 Å². The lowest BCUT2D eigenvalue weighted by atomic mass is 10.1. The van der Waals surface area contributed by atoms with E-state index in [2.05, 4.69) is 4.98 Å². The zero-order chi connectivity index (χ0) is 13.0. The highest BCUT2D eigenvalue weighted by Gasteiger charge is 2.21. The van der Waals surface area contributed by atoms with Crippen molar-refractivity contribution >= 4 is 23.2 Å². The monoisotopic (exact) mass is 256 g/mol. The number of carbonyl (C=O) groups is 2. The molecule has 5 nitrogen and oxygen atoms in total. The Kier molecular flexibility index (Phi) is 4.62.